The lowest BCUT2D eigenvalue weighted by molar-refractivity contribution is -0.384. The van der Waals surface area contributed by atoms with Crippen molar-refractivity contribution in [1.29, 1.82) is 0 Å². The minimum absolute atomic E-state index is 0.0113. The summed E-state index contributed by atoms with van der Waals surface area (Å²) in [5.41, 5.74) is 6.74. The Morgan fingerprint density at radius 1 is 1.57 bits per heavy atom. The van der Waals surface area contributed by atoms with Crippen molar-refractivity contribution in [3.63, 3.8) is 0 Å². The van der Waals surface area contributed by atoms with E-state index in [-0.39, 0.29) is 17.8 Å². The zero-order chi connectivity index (χ0) is 15.4. The highest BCUT2D eigenvalue weighted by molar-refractivity contribution is 6.31. The Labute approximate surface area is 129 Å². The first-order valence-electron chi connectivity index (χ1n) is 6.95. The fraction of sp³-hybridized carbons (Fsp3) is 0.571. The van der Waals surface area contributed by atoms with Crippen LogP contribution in [0.1, 0.15) is 18.4 Å². The molecule has 21 heavy (non-hydrogen) atoms. The zero-order valence-electron chi connectivity index (χ0n) is 12.0. The number of nitrogens with two attached hydrogens (primary N) is 1. The molecule has 0 spiro atoms. The number of hydrogen-bond donors (Lipinski definition) is 1. The van der Waals surface area contributed by atoms with Crippen LogP contribution in [-0.4, -0.2) is 42.2 Å². The topological polar surface area (TPSA) is 81.6 Å². The van der Waals surface area contributed by atoms with Crippen LogP contribution in [0.4, 0.5) is 5.69 Å². The molecule has 1 aliphatic heterocycles. The molecule has 0 bridgehead atoms. The van der Waals surface area contributed by atoms with Gasteiger partial charge in [-0.2, -0.15) is 0 Å². The second-order valence-electron chi connectivity index (χ2n) is 5.27. The van der Waals surface area contributed by atoms with Gasteiger partial charge in [0.2, 0.25) is 0 Å². The summed E-state index contributed by atoms with van der Waals surface area (Å²) < 4.78 is 5.40. The summed E-state index contributed by atoms with van der Waals surface area (Å²) in [4.78, 5) is 12.6. The minimum atomic E-state index is -0.442. The SMILES string of the molecule is COC1CCN(Cc2ccc([N+](=O)[O-])cc2Cl)C(CN)C1. The van der Waals surface area contributed by atoms with Crippen LogP contribution in [0.3, 0.4) is 0 Å². The minimum Gasteiger partial charge on any atom is -0.381 e. The molecule has 1 saturated heterocycles. The average molecular weight is 314 g/mol. The Bertz CT molecular complexity index is 512. The monoisotopic (exact) mass is 313 g/mol. The maximum absolute atomic E-state index is 10.7. The van der Waals surface area contributed by atoms with Gasteiger partial charge in [0.05, 0.1) is 16.0 Å². The van der Waals surface area contributed by atoms with Crippen molar-refractivity contribution in [3.8, 4) is 0 Å². The fourth-order valence-electron chi connectivity index (χ4n) is 2.73. The number of piperidine rings is 1. The summed E-state index contributed by atoms with van der Waals surface area (Å²) in [5, 5.41) is 11.2. The number of methoxy groups -OCH3 is 1. The molecule has 0 aromatic heterocycles. The molecule has 0 aliphatic carbocycles. The van der Waals surface area contributed by atoms with Crippen molar-refractivity contribution in [3.05, 3.63) is 38.9 Å². The zero-order valence-corrected chi connectivity index (χ0v) is 12.8. The predicted octanol–water partition coefficient (Wildman–Crippen LogP) is 2.19. The van der Waals surface area contributed by atoms with E-state index >= 15 is 0 Å². The molecule has 0 radical (unpaired) electrons. The second-order valence-corrected chi connectivity index (χ2v) is 5.68. The van der Waals surface area contributed by atoms with Gasteiger partial charge >= 0.3 is 0 Å². The summed E-state index contributed by atoms with van der Waals surface area (Å²) in [6, 6.07) is 4.85. The number of rotatable bonds is 5. The van der Waals surface area contributed by atoms with E-state index in [1.807, 2.05) is 0 Å². The smallest absolute Gasteiger partial charge is 0.270 e. The lowest BCUT2D eigenvalue weighted by Crippen LogP contribution is -2.48. The number of nitro groups is 1. The number of halogens is 1. The summed E-state index contributed by atoms with van der Waals surface area (Å²) in [7, 11) is 1.72. The van der Waals surface area contributed by atoms with Gasteiger partial charge in [-0.15, -0.1) is 0 Å². The van der Waals surface area contributed by atoms with E-state index < -0.39 is 4.92 Å². The van der Waals surface area contributed by atoms with Crippen LogP contribution in [0.15, 0.2) is 18.2 Å². The van der Waals surface area contributed by atoms with Crippen LogP contribution in [0.5, 0.6) is 0 Å². The first-order valence-corrected chi connectivity index (χ1v) is 7.32. The van der Waals surface area contributed by atoms with E-state index in [1.165, 1.54) is 12.1 Å². The highest BCUT2D eigenvalue weighted by Gasteiger charge is 2.28. The molecular formula is C14H20ClN3O3. The van der Waals surface area contributed by atoms with Crippen LogP contribution >= 0.6 is 11.6 Å². The van der Waals surface area contributed by atoms with Crippen molar-refractivity contribution in [2.75, 3.05) is 20.2 Å². The molecule has 2 unspecified atom stereocenters. The van der Waals surface area contributed by atoms with E-state index in [1.54, 1.807) is 13.2 Å². The number of likely N-dealkylation sites (tertiary alicyclic amines) is 1. The maximum Gasteiger partial charge on any atom is 0.270 e. The highest BCUT2D eigenvalue weighted by atomic mass is 35.5. The third-order valence-corrected chi connectivity index (χ3v) is 4.37. The van der Waals surface area contributed by atoms with Crippen LogP contribution in [0.25, 0.3) is 0 Å². The molecule has 1 aliphatic rings. The quantitative estimate of drug-likeness (QED) is 0.665. The molecule has 7 heteroatoms. The number of nitrogens with zero attached hydrogens (tertiary/aromatic N) is 2. The van der Waals surface area contributed by atoms with Gasteiger partial charge in [-0.3, -0.25) is 15.0 Å². The van der Waals surface area contributed by atoms with Gasteiger partial charge in [0, 0.05) is 44.9 Å². The second kappa shape index (κ2) is 7.17. The Balaban J connectivity index is 2.08. The number of benzene rings is 1. The third kappa shape index (κ3) is 3.91. The van der Waals surface area contributed by atoms with Gasteiger partial charge in [0.15, 0.2) is 0 Å². The Kier molecular flexibility index (Phi) is 5.52. The van der Waals surface area contributed by atoms with E-state index in [4.69, 9.17) is 22.1 Å². The molecule has 1 aromatic rings. The first-order chi connectivity index (χ1) is 10.0. The largest absolute Gasteiger partial charge is 0.381 e. The molecule has 2 atom stereocenters. The number of nitro benzene ring substituents is 1. The van der Waals surface area contributed by atoms with Gasteiger partial charge in [0.1, 0.15) is 0 Å². The van der Waals surface area contributed by atoms with Crippen molar-refractivity contribution >= 4 is 17.3 Å². The summed E-state index contributed by atoms with van der Waals surface area (Å²) in [6.45, 7) is 2.09. The maximum atomic E-state index is 10.7. The fourth-order valence-corrected chi connectivity index (χ4v) is 2.96. The Morgan fingerprint density at radius 2 is 2.33 bits per heavy atom. The van der Waals surface area contributed by atoms with E-state index in [0.29, 0.717) is 18.1 Å². The normalized spacial score (nSPS) is 23.2. The van der Waals surface area contributed by atoms with Crippen molar-refractivity contribution < 1.29 is 9.66 Å². The lowest BCUT2D eigenvalue weighted by Gasteiger charge is -2.38. The lowest BCUT2D eigenvalue weighted by atomic mass is 9.98. The van der Waals surface area contributed by atoms with Crippen LogP contribution in [-0.2, 0) is 11.3 Å². The van der Waals surface area contributed by atoms with Gasteiger partial charge < -0.3 is 10.5 Å². The molecule has 0 saturated carbocycles. The van der Waals surface area contributed by atoms with Gasteiger partial charge in [0.25, 0.3) is 5.69 Å². The molecule has 116 valence electrons. The van der Waals surface area contributed by atoms with Crippen LogP contribution in [0.2, 0.25) is 5.02 Å². The van der Waals surface area contributed by atoms with Crippen LogP contribution in [0, 0.1) is 10.1 Å². The molecule has 2 rings (SSSR count). The summed E-state index contributed by atoms with van der Waals surface area (Å²) in [5.74, 6) is 0. The number of hydrogen-bond acceptors (Lipinski definition) is 5. The summed E-state index contributed by atoms with van der Waals surface area (Å²) >= 11 is 6.15. The van der Waals surface area contributed by atoms with Crippen LogP contribution < -0.4 is 5.73 Å². The molecule has 1 aromatic carbocycles. The van der Waals surface area contributed by atoms with E-state index in [2.05, 4.69) is 4.90 Å². The van der Waals surface area contributed by atoms with Gasteiger partial charge in [-0.25, -0.2) is 0 Å². The van der Waals surface area contributed by atoms with E-state index in [0.717, 1.165) is 24.9 Å². The molecule has 0 amide bonds. The van der Waals surface area contributed by atoms with E-state index in [9.17, 15) is 10.1 Å². The molecule has 1 heterocycles. The first kappa shape index (κ1) is 16.2. The molecule has 1 fully saturated rings. The number of non-ortho nitro benzene ring substituents is 1. The van der Waals surface area contributed by atoms with Gasteiger partial charge in [-0.1, -0.05) is 11.6 Å². The Morgan fingerprint density at radius 3 is 2.90 bits per heavy atom. The standard InChI is InChI=1S/C14H20ClN3O3/c1-21-13-4-5-17(12(6-13)8-16)9-10-2-3-11(18(19)20)7-14(10)15/h2-3,7,12-13H,4-6,8-9,16H2,1H3. The predicted molar refractivity (Wildman–Crippen MR) is 81.4 cm³/mol. The van der Waals surface area contributed by atoms with Crippen molar-refractivity contribution in [2.45, 2.75) is 31.5 Å². The number of ether oxygens (including phenoxy) is 1. The molecular weight excluding hydrogens is 294 g/mol. The van der Waals surface area contributed by atoms with Crippen molar-refractivity contribution in [2.24, 2.45) is 5.73 Å². The average Bonchev–Trinajstić information content (AvgIpc) is 2.49. The Hall–Kier alpha value is -1.21. The highest BCUT2D eigenvalue weighted by Crippen LogP contribution is 2.27. The molecule has 2 N–H and O–H groups in total. The van der Waals surface area contributed by atoms with Crippen molar-refractivity contribution in [1.82, 2.24) is 4.90 Å². The van der Waals surface area contributed by atoms with Gasteiger partial charge in [-0.05, 0) is 24.5 Å². The third-order valence-electron chi connectivity index (χ3n) is 4.02. The molecule has 6 nitrogen and oxygen atoms in total. The summed E-state index contributed by atoms with van der Waals surface area (Å²) in [6.07, 6.45) is 2.11.